The maximum Gasteiger partial charge on any atom is 0.435 e. The Bertz CT molecular complexity index is 1240. The van der Waals surface area contributed by atoms with Gasteiger partial charge in [-0.05, 0) is 35.7 Å². The van der Waals surface area contributed by atoms with E-state index in [1.807, 2.05) is 0 Å². The summed E-state index contributed by atoms with van der Waals surface area (Å²) in [7, 11) is 0. The number of carboxylic acid groups (broad SMARTS) is 1. The maximum atomic E-state index is 14.2. The van der Waals surface area contributed by atoms with Crippen molar-refractivity contribution in [1.29, 1.82) is 0 Å². The zero-order valence-electron chi connectivity index (χ0n) is 15.3. The highest BCUT2D eigenvalue weighted by molar-refractivity contribution is 9.10. The van der Waals surface area contributed by atoms with Crippen molar-refractivity contribution < 1.29 is 27.9 Å². The number of benzene rings is 3. The predicted octanol–water partition coefficient (Wildman–Crippen LogP) is 7.19. The first-order chi connectivity index (χ1) is 14.5. The van der Waals surface area contributed by atoms with Crippen LogP contribution in [0.5, 0.6) is 0 Å². The van der Waals surface area contributed by atoms with Crippen molar-refractivity contribution in [1.82, 2.24) is 0 Å². The second-order valence-corrected chi connectivity index (χ2v) is 8.64. The molecule has 10 heteroatoms. The lowest BCUT2D eigenvalue weighted by Gasteiger charge is -2.29. The molecule has 1 atom stereocenters. The highest BCUT2D eigenvalue weighted by Gasteiger charge is 2.62. The SMILES string of the molecule is O=C(O)c1ccc(C2=NOC(c3cc(Cl)cc(Cl)c3)(C(F)(F)F)C2)c2cccc(Br)c12. The van der Waals surface area contributed by atoms with Gasteiger partial charge < -0.3 is 9.94 Å². The Labute approximate surface area is 192 Å². The van der Waals surface area contributed by atoms with E-state index in [0.717, 1.165) is 12.1 Å². The molecule has 0 saturated carbocycles. The number of oxime groups is 1. The molecular weight excluding hydrogens is 522 g/mol. The van der Waals surface area contributed by atoms with Gasteiger partial charge in [0.15, 0.2) is 0 Å². The molecule has 1 heterocycles. The molecule has 160 valence electrons. The monoisotopic (exact) mass is 531 g/mol. The Balaban J connectivity index is 1.87. The number of nitrogens with zero attached hydrogens (tertiary/aromatic N) is 1. The Morgan fingerprint density at radius 2 is 1.81 bits per heavy atom. The van der Waals surface area contributed by atoms with Crippen LogP contribution in [0, 0.1) is 0 Å². The van der Waals surface area contributed by atoms with E-state index in [-0.39, 0.29) is 26.9 Å². The fraction of sp³-hybridized carbons (Fsp3) is 0.143. The van der Waals surface area contributed by atoms with Crippen LogP contribution < -0.4 is 0 Å². The highest BCUT2D eigenvalue weighted by atomic mass is 79.9. The largest absolute Gasteiger partial charge is 0.478 e. The molecule has 1 aliphatic rings. The standard InChI is InChI=1S/C21H11BrCl2F3NO3/c22-16-3-1-2-14-13(4-5-15(18(14)16)19(29)30)17-9-20(31-28-17,21(25,26)27)10-6-11(23)8-12(24)7-10/h1-8H,9H2,(H,29,30). The fourth-order valence-corrected chi connectivity index (χ4v) is 4.73. The molecule has 0 fully saturated rings. The van der Waals surface area contributed by atoms with Crippen molar-refractivity contribution in [2.75, 3.05) is 0 Å². The van der Waals surface area contributed by atoms with Crippen LogP contribution in [-0.2, 0) is 10.4 Å². The lowest BCUT2D eigenvalue weighted by molar-refractivity contribution is -0.275. The minimum absolute atomic E-state index is 0.00875. The van der Waals surface area contributed by atoms with Gasteiger partial charge in [0.1, 0.15) is 0 Å². The minimum Gasteiger partial charge on any atom is -0.478 e. The summed E-state index contributed by atoms with van der Waals surface area (Å²) in [4.78, 5) is 16.7. The zero-order chi connectivity index (χ0) is 22.6. The molecule has 0 radical (unpaired) electrons. The Kier molecular flexibility index (Phi) is 5.44. The summed E-state index contributed by atoms with van der Waals surface area (Å²) in [6.45, 7) is 0. The molecular formula is C21H11BrCl2F3NO3. The average molecular weight is 533 g/mol. The summed E-state index contributed by atoms with van der Waals surface area (Å²) in [5, 5.41) is 14.1. The zero-order valence-corrected chi connectivity index (χ0v) is 18.4. The van der Waals surface area contributed by atoms with E-state index in [1.54, 1.807) is 18.2 Å². The van der Waals surface area contributed by atoms with Gasteiger partial charge in [0.05, 0.1) is 11.3 Å². The number of halogens is 6. The third-order valence-corrected chi connectivity index (χ3v) is 6.14. The van der Waals surface area contributed by atoms with Crippen molar-refractivity contribution in [3.05, 3.63) is 79.7 Å². The molecule has 0 saturated heterocycles. The van der Waals surface area contributed by atoms with Crippen LogP contribution in [-0.4, -0.2) is 23.0 Å². The second-order valence-electron chi connectivity index (χ2n) is 6.92. The number of hydrogen-bond donors (Lipinski definition) is 1. The summed E-state index contributed by atoms with van der Waals surface area (Å²) < 4.78 is 43.2. The van der Waals surface area contributed by atoms with E-state index in [2.05, 4.69) is 21.1 Å². The summed E-state index contributed by atoms with van der Waals surface area (Å²) in [5.74, 6) is -1.16. The van der Waals surface area contributed by atoms with Gasteiger partial charge in [-0.3, -0.25) is 0 Å². The van der Waals surface area contributed by atoms with Gasteiger partial charge in [-0.15, -0.1) is 0 Å². The topological polar surface area (TPSA) is 58.9 Å². The lowest BCUT2D eigenvalue weighted by Crippen LogP contribution is -2.42. The van der Waals surface area contributed by atoms with E-state index in [0.29, 0.717) is 20.8 Å². The predicted molar refractivity (Wildman–Crippen MR) is 115 cm³/mol. The molecule has 0 spiro atoms. The van der Waals surface area contributed by atoms with Crippen molar-refractivity contribution in [3.63, 3.8) is 0 Å². The van der Waals surface area contributed by atoms with E-state index < -0.39 is 24.2 Å². The van der Waals surface area contributed by atoms with Crippen LogP contribution in [0.15, 0.2) is 58.2 Å². The maximum absolute atomic E-state index is 14.2. The summed E-state index contributed by atoms with van der Waals surface area (Å²) >= 11 is 15.2. The van der Waals surface area contributed by atoms with Crippen LogP contribution in [0.3, 0.4) is 0 Å². The van der Waals surface area contributed by atoms with Crippen molar-refractivity contribution >= 4 is 61.6 Å². The normalized spacial score (nSPS) is 18.7. The van der Waals surface area contributed by atoms with Gasteiger partial charge in [0, 0.05) is 37.5 Å². The highest BCUT2D eigenvalue weighted by Crippen LogP contribution is 2.50. The third kappa shape index (κ3) is 3.66. The number of carbonyl (C=O) groups is 1. The molecule has 1 aliphatic heterocycles. The molecule has 31 heavy (non-hydrogen) atoms. The van der Waals surface area contributed by atoms with Crippen molar-refractivity contribution in [2.24, 2.45) is 5.16 Å². The molecule has 0 bridgehead atoms. The molecule has 4 nitrogen and oxygen atoms in total. The number of fused-ring (bicyclic) bond motifs is 1. The summed E-state index contributed by atoms with van der Waals surface area (Å²) in [6, 6.07) is 11.3. The van der Waals surface area contributed by atoms with Crippen LogP contribution in [0.2, 0.25) is 10.0 Å². The number of carboxylic acids is 1. The van der Waals surface area contributed by atoms with Gasteiger partial charge in [-0.25, -0.2) is 4.79 Å². The Morgan fingerprint density at radius 3 is 2.42 bits per heavy atom. The summed E-state index contributed by atoms with van der Waals surface area (Å²) in [5.41, 5.74) is -2.69. The molecule has 4 rings (SSSR count). The van der Waals surface area contributed by atoms with Gasteiger partial charge >= 0.3 is 12.1 Å². The van der Waals surface area contributed by atoms with Crippen LogP contribution in [0.25, 0.3) is 10.8 Å². The van der Waals surface area contributed by atoms with E-state index in [4.69, 9.17) is 28.0 Å². The number of rotatable bonds is 3. The fourth-order valence-electron chi connectivity index (χ4n) is 3.63. The first-order valence-electron chi connectivity index (χ1n) is 8.77. The van der Waals surface area contributed by atoms with Crippen molar-refractivity contribution in [3.8, 4) is 0 Å². The lowest BCUT2D eigenvalue weighted by atomic mass is 9.85. The number of alkyl halides is 3. The van der Waals surface area contributed by atoms with Gasteiger partial charge in [-0.1, -0.05) is 62.5 Å². The Morgan fingerprint density at radius 1 is 1.13 bits per heavy atom. The first-order valence-corrected chi connectivity index (χ1v) is 10.3. The molecule has 3 aromatic rings. The van der Waals surface area contributed by atoms with Gasteiger partial charge in [-0.2, -0.15) is 13.2 Å². The van der Waals surface area contributed by atoms with E-state index in [9.17, 15) is 23.1 Å². The van der Waals surface area contributed by atoms with Crippen LogP contribution >= 0.6 is 39.1 Å². The first kappa shape index (κ1) is 21.9. The molecule has 1 unspecified atom stereocenters. The van der Waals surface area contributed by atoms with Gasteiger partial charge in [0.2, 0.25) is 0 Å². The smallest absolute Gasteiger partial charge is 0.435 e. The number of hydrogen-bond acceptors (Lipinski definition) is 3. The van der Waals surface area contributed by atoms with Crippen LogP contribution in [0.4, 0.5) is 13.2 Å². The quantitative estimate of drug-likeness (QED) is 0.388. The summed E-state index contributed by atoms with van der Waals surface area (Å²) in [6.07, 6.45) is -5.47. The van der Waals surface area contributed by atoms with E-state index in [1.165, 1.54) is 18.2 Å². The minimum atomic E-state index is -4.83. The average Bonchev–Trinajstić information content (AvgIpc) is 3.13. The second kappa shape index (κ2) is 7.69. The Hall–Kier alpha value is -2.29. The molecule has 0 aliphatic carbocycles. The van der Waals surface area contributed by atoms with Crippen LogP contribution in [0.1, 0.15) is 27.9 Å². The van der Waals surface area contributed by atoms with Crippen molar-refractivity contribution in [2.45, 2.75) is 18.2 Å². The third-order valence-electron chi connectivity index (χ3n) is 5.05. The molecule has 1 N–H and O–H groups in total. The molecule has 3 aromatic carbocycles. The molecule has 0 aromatic heterocycles. The van der Waals surface area contributed by atoms with E-state index >= 15 is 0 Å². The number of aromatic carboxylic acids is 1. The molecule has 0 amide bonds. The van der Waals surface area contributed by atoms with Gasteiger partial charge in [0.25, 0.3) is 5.60 Å².